The van der Waals surface area contributed by atoms with Crippen molar-refractivity contribution in [3.05, 3.63) is 24.3 Å². The van der Waals surface area contributed by atoms with Crippen LogP contribution in [-0.2, 0) is 9.59 Å². The molecule has 8 nitrogen and oxygen atoms in total. The summed E-state index contributed by atoms with van der Waals surface area (Å²) in [5.74, 6) is 0.221. The fourth-order valence-corrected chi connectivity index (χ4v) is 2.69. The van der Waals surface area contributed by atoms with Crippen molar-refractivity contribution >= 4 is 23.5 Å². The number of benzene rings is 1. The number of nitrogens with zero attached hydrogens (tertiary/aromatic N) is 1. The molecule has 1 aromatic carbocycles. The van der Waals surface area contributed by atoms with Crippen molar-refractivity contribution in [3.8, 4) is 5.75 Å². The third-order valence-corrected chi connectivity index (χ3v) is 3.98. The zero-order chi connectivity index (χ0) is 18.2. The average molecular weight is 348 g/mol. The number of fused-ring (bicyclic) bond motifs is 1. The van der Waals surface area contributed by atoms with Crippen LogP contribution >= 0.6 is 0 Å². The highest BCUT2D eigenvalue weighted by Gasteiger charge is 2.32. The third kappa shape index (κ3) is 5.10. The molecular formula is C17H24N4O4. The Hall–Kier alpha value is -2.77. The van der Waals surface area contributed by atoms with E-state index in [0.717, 1.165) is 12.8 Å². The predicted molar refractivity (Wildman–Crippen MR) is 93.3 cm³/mol. The predicted octanol–water partition coefficient (Wildman–Crippen LogP) is 0.755. The molecule has 0 aliphatic carbocycles. The Labute approximate surface area is 146 Å². The maximum atomic E-state index is 12.6. The van der Waals surface area contributed by atoms with Crippen LogP contribution in [0.5, 0.6) is 5.75 Å². The Morgan fingerprint density at radius 1 is 1.24 bits per heavy atom. The van der Waals surface area contributed by atoms with E-state index < -0.39 is 12.1 Å². The highest BCUT2D eigenvalue weighted by atomic mass is 16.5. The lowest BCUT2D eigenvalue weighted by molar-refractivity contribution is -0.127. The van der Waals surface area contributed by atoms with Crippen molar-refractivity contribution < 1.29 is 19.1 Å². The van der Waals surface area contributed by atoms with Crippen LogP contribution < -0.4 is 26.0 Å². The Bertz CT molecular complexity index is 635. The molecule has 4 amide bonds. The van der Waals surface area contributed by atoms with Gasteiger partial charge in [-0.25, -0.2) is 4.79 Å². The number of rotatable bonds is 7. The van der Waals surface area contributed by atoms with Gasteiger partial charge >= 0.3 is 6.03 Å². The Balaban J connectivity index is 1.93. The molecule has 1 heterocycles. The summed E-state index contributed by atoms with van der Waals surface area (Å²) in [5, 5.41) is 5.07. The van der Waals surface area contributed by atoms with E-state index in [2.05, 4.69) is 10.6 Å². The van der Waals surface area contributed by atoms with Crippen LogP contribution in [0.1, 0.15) is 25.7 Å². The second-order valence-corrected chi connectivity index (χ2v) is 5.79. The number of likely N-dealkylation sites (N-methyl/N-ethyl adjacent to an activating group) is 1. The normalized spacial score (nSPS) is 15.7. The zero-order valence-electron chi connectivity index (χ0n) is 14.3. The summed E-state index contributed by atoms with van der Waals surface area (Å²) < 4.78 is 5.69. The van der Waals surface area contributed by atoms with Crippen LogP contribution in [0.25, 0.3) is 0 Å². The standard InChI is InChI=1S/C17H24N4O4/c1-19-16(23)14-11-21(12-7-4-5-8-13(12)25-14)15(22)9-3-2-6-10-20-17(18)24/h4-5,7-8,14H,2-3,6,9-11H2,1H3,(H,19,23)(H3,18,20,24)/t14-/m1/s1. The number of hydrogen-bond acceptors (Lipinski definition) is 4. The van der Waals surface area contributed by atoms with E-state index in [9.17, 15) is 14.4 Å². The molecule has 0 bridgehead atoms. The number of amides is 4. The lowest BCUT2D eigenvalue weighted by Crippen LogP contribution is -2.50. The molecule has 1 aliphatic heterocycles. The summed E-state index contributed by atoms with van der Waals surface area (Å²) in [6.45, 7) is 0.696. The van der Waals surface area contributed by atoms with Gasteiger partial charge in [-0.3, -0.25) is 9.59 Å². The van der Waals surface area contributed by atoms with Crippen LogP contribution in [0.15, 0.2) is 24.3 Å². The number of anilines is 1. The molecule has 1 aliphatic rings. The van der Waals surface area contributed by atoms with Gasteiger partial charge in [-0.2, -0.15) is 0 Å². The molecule has 2 rings (SSSR count). The van der Waals surface area contributed by atoms with Gasteiger partial charge in [-0.15, -0.1) is 0 Å². The van der Waals surface area contributed by atoms with Crippen molar-refractivity contribution in [1.82, 2.24) is 10.6 Å². The van der Waals surface area contributed by atoms with E-state index in [1.807, 2.05) is 12.1 Å². The van der Waals surface area contributed by atoms with E-state index >= 15 is 0 Å². The molecule has 0 aromatic heterocycles. The van der Waals surface area contributed by atoms with E-state index in [4.69, 9.17) is 10.5 Å². The molecule has 4 N–H and O–H groups in total. The molecular weight excluding hydrogens is 324 g/mol. The molecule has 0 saturated carbocycles. The summed E-state index contributed by atoms with van der Waals surface area (Å²) in [5.41, 5.74) is 5.68. The number of unbranched alkanes of at least 4 members (excludes halogenated alkanes) is 2. The number of carbonyl (C=O) groups excluding carboxylic acids is 3. The van der Waals surface area contributed by atoms with E-state index in [0.29, 0.717) is 30.8 Å². The molecule has 136 valence electrons. The number of nitrogens with two attached hydrogens (primary N) is 1. The molecule has 0 unspecified atom stereocenters. The maximum absolute atomic E-state index is 12.6. The quantitative estimate of drug-likeness (QED) is 0.631. The first-order valence-electron chi connectivity index (χ1n) is 8.34. The van der Waals surface area contributed by atoms with Gasteiger partial charge in [-0.05, 0) is 25.0 Å². The van der Waals surface area contributed by atoms with E-state index in [1.54, 1.807) is 24.1 Å². The Kier molecular flexibility index (Phi) is 6.62. The number of ether oxygens (including phenoxy) is 1. The second-order valence-electron chi connectivity index (χ2n) is 5.79. The largest absolute Gasteiger partial charge is 0.477 e. The van der Waals surface area contributed by atoms with Crippen LogP contribution in [0, 0.1) is 0 Å². The lowest BCUT2D eigenvalue weighted by atomic mass is 10.1. The van der Waals surface area contributed by atoms with Crippen molar-refractivity contribution in [3.63, 3.8) is 0 Å². The third-order valence-electron chi connectivity index (χ3n) is 3.98. The first kappa shape index (κ1) is 18.6. The highest BCUT2D eigenvalue weighted by molar-refractivity contribution is 5.97. The van der Waals surface area contributed by atoms with Gasteiger partial charge in [0.1, 0.15) is 5.75 Å². The minimum Gasteiger partial charge on any atom is -0.477 e. The molecule has 1 aromatic rings. The first-order valence-corrected chi connectivity index (χ1v) is 8.34. The number of carbonyl (C=O) groups is 3. The number of para-hydroxylation sites is 2. The lowest BCUT2D eigenvalue weighted by Gasteiger charge is -2.34. The minimum absolute atomic E-state index is 0.0486. The van der Waals surface area contributed by atoms with Gasteiger partial charge in [0.05, 0.1) is 12.2 Å². The zero-order valence-corrected chi connectivity index (χ0v) is 14.3. The number of primary amides is 1. The number of urea groups is 1. The van der Waals surface area contributed by atoms with Crippen molar-refractivity contribution in [2.45, 2.75) is 31.8 Å². The molecule has 25 heavy (non-hydrogen) atoms. The van der Waals surface area contributed by atoms with Crippen molar-refractivity contribution in [1.29, 1.82) is 0 Å². The monoisotopic (exact) mass is 348 g/mol. The first-order chi connectivity index (χ1) is 12.0. The van der Waals surface area contributed by atoms with Crippen LogP contribution in [0.3, 0.4) is 0 Å². The van der Waals surface area contributed by atoms with Crippen LogP contribution in [0.2, 0.25) is 0 Å². The smallest absolute Gasteiger partial charge is 0.312 e. The summed E-state index contributed by atoms with van der Waals surface area (Å²) in [6.07, 6.45) is 1.91. The summed E-state index contributed by atoms with van der Waals surface area (Å²) >= 11 is 0. The molecule has 8 heteroatoms. The number of hydrogen-bond donors (Lipinski definition) is 3. The summed E-state index contributed by atoms with van der Waals surface area (Å²) in [7, 11) is 1.54. The van der Waals surface area contributed by atoms with Crippen molar-refractivity contribution in [2.75, 3.05) is 25.0 Å². The SMILES string of the molecule is CNC(=O)[C@H]1CN(C(=O)CCCCCNC(N)=O)c2ccccc2O1. The van der Waals surface area contributed by atoms with E-state index in [-0.39, 0.29) is 18.4 Å². The van der Waals surface area contributed by atoms with Crippen LogP contribution in [0.4, 0.5) is 10.5 Å². The fraction of sp³-hybridized carbons (Fsp3) is 0.471. The van der Waals surface area contributed by atoms with Gasteiger partial charge in [0.15, 0.2) is 6.10 Å². The van der Waals surface area contributed by atoms with Gasteiger partial charge in [0.25, 0.3) is 5.91 Å². The van der Waals surface area contributed by atoms with Crippen molar-refractivity contribution in [2.24, 2.45) is 5.73 Å². The summed E-state index contributed by atoms with van der Waals surface area (Å²) in [6, 6.07) is 6.66. The molecule has 0 spiro atoms. The second kappa shape index (κ2) is 8.91. The van der Waals surface area contributed by atoms with E-state index in [1.165, 1.54) is 0 Å². The average Bonchev–Trinajstić information content (AvgIpc) is 2.62. The van der Waals surface area contributed by atoms with Gasteiger partial charge in [0, 0.05) is 20.0 Å². The highest BCUT2D eigenvalue weighted by Crippen LogP contribution is 2.33. The fourth-order valence-electron chi connectivity index (χ4n) is 2.69. The van der Waals surface area contributed by atoms with Gasteiger partial charge in [-0.1, -0.05) is 18.6 Å². The minimum atomic E-state index is -0.719. The molecule has 0 saturated heterocycles. The molecule has 0 fully saturated rings. The Morgan fingerprint density at radius 3 is 2.72 bits per heavy atom. The maximum Gasteiger partial charge on any atom is 0.312 e. The van der Waals surface area contributed by atoms with Crippen LogP contribution in [-0.4, -0.2) is 44.1 Å². The number of nitrogens with one attached hydrogen (secondary N) is 2. The van der Waals surface area contributed by atoms with Gasteiger partial charge in [0.2, 0.25) is 5.91 Å². The molecule has 1 atom stereocenters. The summed E-state index contributed by atoms with van der Waals surface area (Å²) in [4.78, 5) is 36.7. The van der Waals surface area contributed by atoms with Gasteiger partial charge < -0.3 is 26.0 Å². The topological polar surface area (TPSA) is 114 Å². The molecule has 0 radical (unpaired) electrons. The Morgan fingerprint density at radius 2 is 2.00 bits per heavy atom.